The number of nitriles is 1. The molecule has 4 rings (SSSR count). The second kappa shape index (κ2) is 9.63. The van der Waals surface area contributed by atoms with E-state index in [9.17, 15) is 10.1 Å². The maximum absolute atomic E-state index is 12.7. The number of carbonyl (C=O) groups excluding carboxylic acids is 1. The number of anilines is 1. The Hall–Kier alpha value is -4.36. The number of carbonyl (C=O) groups is 1. The number of para-hydroxylation sites is 2. The van der Waals surface area contributed by atoms with Crippen molar-refractivity contribution in [3.8, 4) is 11.8 Å². The van der Waals surface area contributed by atoms with Gasteiger partial charge in [-0.1, -0.05) is 72.8 Å². The molecule has 0 radical (unpaired) electrons. The summed E-state index contributed by atoms with van der Waals surface area (Å²) in [7, 11) is 0. The van der Waals surface area contributed by atoms with Crippen LogP contribution in [0.4, 0.5) is 5.69 Å². The van der Waals surface area contributed by atoms with Crippen LogP contribution in [0, 0.1) is 18.3 Å². The molecule has 4 aromatic rings. The fourth-order valence-corrected chi connectivity index (χ4v) is 3.43. The summed E-state index contributed by atoms with van der Waals surface area (Å²) in [4.78, 5) is 12.7. The van der Waals surface area contributed by atoms with Crippen molar-refractivity contribution in [1.29, 1.82) is 5.26 Å². The summed E-state index contributed by atoms with van der Waals surface area (Å²) in [5.41, 5.74) is 3.33. The molecule has 0 atom stereocenters. The van der Waals surface area contributed by atoms with Crippen molar-refractivity contribution in [2.24, 2.45) is 0 Å². The SMILES string of the molecule is Cc1ccccc1NC(=O)/C(C#N)=C/c1ccccc1OCc1ccc2ccccc2c1. The predicted octanol–water partition coefficient (Wildman–Crippen LogP) is 6.27. The molecule has 4 nitrogen and oxygen atoms in total. The highest BCUT2D eigenvalue weighted by molar-refractivity contribution is 6.10. The van der Waals surface area contributed by atoms with Crippen molar-refractivity contribution in [3.05, 3.63) is 113 Å². The minimum Gasteiger partial charge on any atom is -0.488 e. The quantitative estimate of drug-likeness (QED) is 0.296. The van der Waals surface area contributed by atoms with Gasteiger partial charge in [0.2, 0.25) is 0 Å². The maximum Gasteiger partial charge on any atom is 0.266 e. The Kier molecular flexibility index (Phi) is 6.29. The van der Waals surface area contributed by atoms with Gasteiger partial charge >= 0.3 is 0 Å². The van der Waals surface area contributed by atoms with E-state index in [1.54, 1.807) is 6.08 Å². The number of nitrogens with zero attached hydrogens (tertiary/aromatic N) is 1. The first-order valence-electron chi connectivity index (χ1n) is 10.3. The molecule has 0 saturated carbocycles. The molecule has 0 fully saturated rings. The van der Waals surface area contributed by atoms with Gasteiger partial charge in [0, 0.05) is 11.3 Å². The molecule has 0 spiro atoms. The molecular formula is C28H22N2O2. The zero-order valence-corrected chi connectivity index (χ0v) is 17.7. The lowest BCUT2D eigenvalue weighted by Gasteiger charge is -2.11. The average Bonchev–Trinajstić information content (AvgIpc) is 2.83. The molecule has 0 aromatic heterocycles. The van der Waals surface area contributed by atoms with Gasteiger partial charge in [-0.2, -0.15) is 5.26 Å². The molecule has 0 unspecified atom stereocenters. The summed E-state index contributed by atoms with van der Waals surface area (Å²) in [6.45, 7) is 2.29. The van der Waals surface area contributed by atoms with Crippen LogP contribution in [0.25, 0.3) is 16.8 Å². The molecule has 0 aliphatic heterocycles. The third kappa shape index (κ3) is 4.85. The van der Waals surface area contributed by atoms with E-state index in [-0.39, 0.29) is 5.57 Å². The average molecular weight is 418 g/mol. The highest BCUT2D eigenvalue weighted by atomic mass is 16.5. The minimum absolute atomic E-state index is 0.00927. The molecule has 4 heteroatoms. The fraction of sp³-hybridized carbons (Fsp3) is 0.0714. The largest absolute Gasteiger partial charge is 0.488 e. The fourth-order valence-electron chi connectivity index (χ4n) is 3.43. The van der Waals surface area contributed by atoms with Crippen LogP contribution >= 0.6 is 0 Å². The molecule has 0 aliphatic rings. The van der Waals surface area contributed by atoms with Crippen LogP contribution in [0.15, 0.2) is 96.6 Å². The van der Waals surface area contributed by atoms with Crippen molar-refractivity contribution in [3.63, 3.8) is 0 Å². The molecule has 32 heavy (non-hydrogen) atoms. The smallest absolute Gasteiger partial charge is 0.266 e. The van der Waals surface area contributed by atoms with E-state index in [2.05, 4.69) is 29.6 Å². The topological polar surface area (TPSA) is 62.1 Å². The lowest BCUT2D eigenvalue weighted by Crippen LogP contribution is -2.14. The van der Waals surface area contributed by atoms with Gasteiger partial charge in [-0.15, -0.1) is 0 Å². The molecule has 1 N–H and O–H groups in total. The number of hydrogen-bond acceptors (Lipinski definition) is 3. The van der Waals surface area contributed by atoms with E-state index in [0.717, 1.165) is 16.5 Å². The van der Waals surface area contributed by atoms with Crippen LogP contribution in [-0.2, 0) is 11.4 Å². The summed E-state index contributed by atoms with van der Waals surface area (Å²) in [6.07, 6.45) is 1.56. The lowest BCUT2D eigenvalue weighted by atomic mass is 10.1. The van der Waals surface area contributed by atoms with E-state index >= 15 is 0 Å². The van der Waals surface area contributed by atoms with Gasteiger partial charge in [0.1, 0.15) is 24.0 Å². The third-order valence-corrected chi connectivity index (χ3v) is 5.19. The Bertz CT molecular complexity index is 1350. The van der Waals surface area contributed by atoms with Gasteiger partial charge in [-0.25, -0.2) is 0 Å². The highest BCUT2D eigenvalue weighted by Crippen LogP contribution is 2.24. The molecule has 4 aromatic carbocycles. The van der Waals surface area contributed by atoms with Gasteiger partial charge in [0.25, 0.3) is 5.91 Å². The minimum atomic E-state index is -0.453. The first-order chi connectivity index (χ1) is 15.6. The Morgan fingerprint density at radius 3 is 2.47 bits per heavy atom. The summed E-state index contributed by atoms with van der Waals surface area (Å²) in [5.74, 6) is 0.156. The van der Waals surface area contributed by atoms with Gasteiger partial charge < -0.3 is 10.1 Å². The Balaban J connectivity index is 1.53. The monoisotopic (exact) mass is 418 g/mol. The number of aryl methyl sites for hydroxylation is 1. The Labute approximate surface area is 187 Å². The van der Waals surface area contributed by atoms with Crippen LogP contribution in [0.3, 0.4) is 0 Å². The van der Waals surface area contributed by atoms with Gasteiger partial charge in [-0.05, 0) is 53.1 Å². The maximum atomic E-state index is 12.7. The van der Waals surface area contributed by atoms with Crippen LogP contribution in [0.1, 0.15) is 16.7 Å². The zero-order valence-electron chi connectivity index (χ0n) is 17.7. The first-order valence-corrected chi connectivity index (χ1v) is 10.3. The van der Waals surface area contributed by atoms with Gasteiger partial charge in [0.15, 0.2) is 0 Å². The van der Waals surface area contributed by atoms with Crippen molar-refractivity contribution in [1.82, 2.24) is 0 Å². The summed E-state index contributed by atoms with van der Waals surface area (Å²) >= 11 is 0. The summed E-state index contributed by atoms with van der Waals surface area (Å²) in [5, 5.41) is 14.7. The number of nitrogens with one attached hydrogen (secondary N) is 1. The summed E-state index contributed by atoms with van der Waals surface area (Å²) in [6, 6.07) is 31.2. The number of hydrogen-bond donors (Lipinski definition) is 1. The molecule has 0 bridgehead atoms. The van der Waals surface area contributed by atoms with Crippen molar-refractivity contribution < 1.29 is 9.53 Å². The van der Waals surface area contributed by atoms with Crippen molar-refractivity contribution in [2.75, 3.05) is 5.32 Å². The van der Waals surface area contributed by atoms with E-state index in [1.165, 1.54) is 5.39 Å². The summed E-state index contributed by atoms with van der Waals surface area (Å²) < 4.78 is 6.05. The normalized spacial score (nSPS) is 11.1. The van der Waals surface area contributed by atoms with Gasteiger partial charge in [-0.3, -0.25) is 4.79 Å². The van der Waals surface area contributed by atoms with Crippen LogP contribution in [0.2, 0.25) is 0 Å². The number of amides is 1. The molecular weight excluding hydrogens is 396 g/mol. The van der Waals surface area contributed by atoms with Crippen molar-refractivity contribution in [2.45, 2.75) is 13.5 Å². The van der Waals surface area contributed by atoms with E-state index in [0.29, 0.717) is 23.6 Å². The van der Waals surface area contributed by atoms with E-state index < -0.39 is 5.91 Å². The number of rotatable bonds is 6. The molecule has 0 heterocycles. The van der Waals surface area contributed by atoms with Crippen molar-refractivity contribution >= 4 is 28.4 Å². The standard InChI is InChI=1S/C28H22N2O2/c1-20-8-2-6-12-26(20)30-28(31)25(18-29)17-24-11-5-7-13-27(24)32-19-21-14-15-22-9-3-4-10-23(22)16-21/h2-17H,19H2,1H3,(H,30,31)/b25-17+. The number of ether oxygens (including phenoxy) is 1. The lowest BCUT2D eigenvalue weighted by molar-refractivity contribution is -0.112. The van der Waals surface area contributed by atoms with Crippen LogP contribution in [-0.4, -0.2) is 5.91 Å². The Morgan fingerprint density at radius 2 is 1.66 bits per heavy atom. The molecule has 1 amide bonds. The molecule has 0 saturated heterocycles. The van der Waals surface area contributed by atoms with Crippen LogP contribution in [0.5, 0.6) is 5.75 Å². The van der Waals surface area contributed by atoms with E-state index in [1.807, 2.05) is 79.7 Å². The second-order valence-electron chi connectivity index (χ2n) is 7.45. The first kappa shape index (κ1) is 20.9. The van der Waals surface area contributed by atoms with Crippen LogP contribution < -0.4 is 10.1 Å². The van der Waals surface area contributed by atoms with Gasteiger partial charge in [0.05, 0.1) is 0 Å². The number of benzene rings is 4. The molecule has 156 valence electrons. The predicted molar refractivity (Wildman–Crippen MR) is 128 cm³/mol. The second-order valence-corrected chi connectivity index (χ2v) is 7.45. The Morgan fingerprint density at radius 1 is 0.938 bits per heavy atom. The van der Waals surface area contributed by atoms with E-state index in [4.69, 9.17) is 4.74 Å². The highest BCUT2D eigenvalue weighted by Gasteiger charge is 2.12. The molecule has 0 aliphatic carbocycles. The third-order valence-electron chi connectivity index (χ3n) is 5.19. The zero-order chi connectivity index (χ0) is 22.3. The number of fused-ring (bicyclic) bond motifs is 1.